The fourth-order valence-corrected chi connectivity index (χ4v) is 4.53. The highest BCUT2D eigenvalue weighted by Crippen LogP contribution is 2.27. The highest BCUT2D eigenvalue weighted by atomic mass is 35.5. The lowest BCUT2D eigenvalue weighted by molar-refractivity contribution is -0.120. The molecule has 0 radical (unpaired) electrons. The molecule has 1 amide bonds. The van der Waals surface area contributed by atoms with Crippen molar-refractivity contribution in [2.45, 2.75) is 17.9 Å². The number of hydrogen-bond acceptors (Lipinski definition) is 3. The molecule has 0 unspecified atom stereocenters. The van der Waals surface area contributed by atoms with Gasteiger partial charge < -0.3 is 5.32 Å². The fraction of sp³-hybridized carbons (Fsp3) is 0.136. The van der Waals surface area contributed by atoms with Gasteiger partial charge in [-0.1, -0.05) is 60.1 Å². The standard InChI is InChI=1S/C22H20ClFN2O3S/c1-16(17-8-4-2-5-9-17)25-22(27)15-26(18-12-13-21(24)20(23)14-18)30(28,29)19-10-6-3-7-11-19/h2-14,16H,15H2,1H3,(H,25,27)/t16-/m0/s1. The van der Waals surface area contributed by atoms with E-state index in [-0.39, 0.29) is 21.6 Å². The van der Waals surface area contributed by atoms with Crippen LogP contribution in [0.1, 0.15) is 18.5 Å². The Morgan fingerprint density at radius 2 is 1.63 bits per heavy atom. The van der Waals surface area contributed by atoms with Crippen LogP contribution in [-0.4, -0.2) is 20.9 Å². The van der Waals surface area contributed by atoms with Crippen molar-refractivity contribution in [3.05, 3.63) is 95.3 Å². The van der Waals surface area contributed by atoms with E-state index in [1.807, 2.05) is 30.3 Å². The second-order valence-corrected chi connectivity index (χ2v) is 8.89. The van der Waals surface area contributed by atoms with Gasteiger partial charge in [-0.25, -0.2) is 12.8 Å². The largest absolute Gasteiger partial charge is 0.348 e. The Bertz CT molecular complexity index is 1130. The smallest absolute Gasteiger partial charge is 0.264 e. The molecule has 0 bridgehead atoms. The van der Waals surface area contributed by atoms with Crippen molar-refractivity contribution in [3.8, 4) is 0 Å². The van der Waals surface area contributed by atoms with Gasteiger partial charge in [0.2, 0.25) is 5.91 Å². The molecule has 8 heteroatoms. The summed E-state index contributed by atoms with van der Waals surface area (Å²) < 4.78 is 41.0. The molecule has 0 aromatic heterocycles. The van der Waals surface area contributed by atoms with Crippen LogP contribution in [0.25, 0.3) is 0 Å². The van der Waals surface area contributed by atoms with E-state index in [0.717, 1.165) is 15.9 Å². The van der Waals surface area contributed by atoms with Crippen molar-refractivity contribution < 1.29 is 17.6 Å². The van der Waals surface area contributed by atoms with Gasteiger partial charge in [-0.05, 0) is 42.8 Å². The number of nitrogens with zero attached hydrogens (tertiary/aromatic N) is 1. The molecular formula is C22H20ClFN2O3S. The predicted octanol–water partition coefficient (Wildman–Crippen LogP) is 4.55. The van der Waals surface area contributed by atoms with Crippen LogP contribution in [0.5, 0.6) is 0 Å². The number of rotatable bonds is 7. The molecule has 3 aromatic rings. The molecule has 5 nitrogen and oxygen atoms in total. The van der Waals surface area contributed by atoms with Crippen LogP contribution in [0, 0.1) is 5.82 Å². The van der Waals surface area contributed by atoms with Crippen molar-refractivity contribution >= 4 is 33.2 Å². The quantitative estimate of drug-likeness (QED) is 0.579. The third-order valence-electron chi connectivity index (χ3n) is 4.49. The number of sulfonamides is 1. The maximum Gasteiger partial charge on any atom is 0.264 e. The molecule has 3 rings (SSSR count). The van der Waals surface area contributed by atoms with E-state index in [1.54, 1.807) is 25.1 Å². The summed E-state index contributed by atoms with van der Waals surface area (Å²) in [7, 11) is -4.09. The number of halogens is 2. The van der Waals surface area contributed by atoms with Crippen molar-refractivity contribution in [3.63, 3.8) is 0 Å². The lowest BCUT2D eigenvalue weighted by Gasteiger charge is -2.25. The van der Waals surface area contributed by atoms with Crippen LogP contribution in [0.4, 0.5) is 10.1 Å². The second-order valence-electron chi connectivity index (χ2n) is 6.62. The van der Waals surface area contributed by atoms with Crippen molar-refractivity contribution in [2.24, 2.45) is 0 Å². The number of anilines is 1. The van der Waals surface area contributed by atoms with Crippen LogP contribution in [0.2, 0.25) is 5.02 Å². The minimum Gasteiger partial charge on any atom is -0.348 e. The molecule has 0 fully saturated rings. The predicted molar refractivity (Wildman–Crippen MR) is 115 cm³/mol. The molecule has 1 N–H and O–H groups in total. The van der Waals surface area contributed by atoms with Crippen LogP contribution in [0.15, 0.2) is 83.8 Å². The molecule has 0 aliphatic rings. The van der Waals surface area contributed by atoms with E-state index < -0.39 is 28.3 Å². The maximum atomic E-state index is 13.6. The third-order valence-corrected chi connectivity index (χ3v) is 6.56. The number of amides is 1. The molecule has 0 spiro atoms. The summed E-state index contributed by atoms with van der Waals surface area (Å²) in [6.07, 6.45) is 0. The van der Waals surface area contributed by atoms with Crippen LogP contribution in [-0.2, 0) is 14.8 Å². The first-order valence-electron chi connectivity index (χ1n) is 9.16. The average Bonchev–Trinajstić information content (AvgIpc) is 2.75. The lowest BCUT2D eigenvalue weighted by atomic mass is 10.1. The van der Waals surface area contributed by atoms with E-state index in [4.69, 9.17) is 11.6 Å². The van der Waals surface area contributed by atoms with Crippen molar-refractivity contribution in [1.29, 1.82) is 0 Å². The minimum absolute atomic E-state index is 0.00866. The molecule has 0 aliphatic carbocycles. The van der Waals surface area contributed by atoms with Gasteiger partial charge in [0, 0.05) is 0 Å². The van der Waals surface area contributed by atoms with Crippen LogP contribution < -0.4 is 9.62 Å². The Morgan fingerprint density at radius 3 is 2.23 bits per heavy atom. The Kier molecular flexibility index (Phi) is 6.74. The van der Waals surface area contributed by atoms with E-state index in [1.165, 1.54) is 24.3 Å². The number of nitrogens with one attached hydrogen (secondary N) is 1. The lowest BCUT2D eigenvalue weighted by Crippen LogP contribution is -2.41. The normalized spacial score (nSPS) is 12.2. The molecule has 30 heavy (non-hydrogen) atoms. The summed E-state index contributed by atoms with van der Waals surface area (Å²) in [4.78, 5) is 12.7. The van der Waals surface area contributed by atoms with E-state index in [0.29, 0.717) is 0 Å². The number of benzene rings is 3. The summed E-state index contributed by atoms with van der Waals surface area (Å²) in [5, 5.41) is 2.56. The van der Waals surface area contributed by atoms with Gasteiger partial charge in [0.1, 0.15) is 12.4 Å². The average molecular weight is 447 g/mol. The van der Waals surface area contributed by atoms with Crippen LogP contribution in [0.3, 0.4) is 0 Å². The number of hydrogen-bond donors (Lipinski definition) is 1. The molecular weight excluding hydrogens is 427 g/mol. The molecule has 0 aliphatic heterocycles. The summed E-state index contributed by atoms with van der Waals surface area (Å²) in [6.45, 7) is 1.31. The highest BCUT2D eigenvalue weighted by molar-refractivity contribution is 7.92. The van der Waals surface area contributed by atoms with Gasteiger partial charge in [0.15, 0.2) is 0 Å². The number of carbonyl (C=O) groups excluding carboxylic acids is 1. The first kappa shape index (κ1) is 21.8. The summed E-state index contributed by atoms with van der Waals surface area (Å²) >= 11 is 5.86. The summed E-state index contributed by atoms with van der Waals surface area (Å²) in [6, 6.07) is 20.2. The van der Waals surface area contributed by atoms with Gasteiger partial charge in [-0.3, -0.25) is 9.10 Å². The fourth-order valence-electron chi connectivity index (χ4n) is 2.92. The Morgan fingerprint density at radius 1 is 1.03 bits per heavy atom. The Balaban J connectivity index is 1.91. The zero-order valence-corrected chi connectivity index (χ0v) is 17.7. The molecule has 0 saturated carbocycles. The SMILES string of the molecule is C[C@H](NC(=O)CN(c1ccc(F)c(Cl)c1)S(=O)(=O)c1ccccc1)c1ccccc1. The molecule has 0 heterocycles. The van der Waals surface area contributed by atoms with Gasteiger partial charge in [0.25, 0.3) is 10.0 Å². The topological polar surface area (TPSA) is 66.5 Å². The first-order chi connectivity index (χ1) is 14.3. The molecule has 1 atom stereocenters. The summed E-state index contributed by atoms with van der Waals surface area (Å²) in [5.41, 5.74) is 0.973. The van der Waals surface area contributed by atoms with E-state index in [2.05, 4.69) is 5.32 Å². The van der Waals surface area contributed by atoms with Gasteiger partial charge in [-0.15, -0.1) is 0 Å². The number of carbonyl (C=O) groups is 1. The molecule has 156 valence electrons. The third kappa shape index (κ3) is 4.98. The van der Waals surface area contributed by atoms with Gasteiger partial charge in [-0.2, -0.15) is 0 Å². The van der Waals surface area contributed by atoms with Gasteiger partial charge >= 0.3 is 0 Å². The second kappa shape index (κ2) is 9.28. The zero-order valence-electron chi connectivity index (χ0n) is 16.1. The molecule has 3 aromatic carbocycles. The van der Waals surface area contributed by atoms with Gasteiger partial charge in [0.05, 0.1) is 21.6 Å². The van der Waals surface area contributed by atoms with Crippen LogP contribution >= 0.6 is 11.6 Å². The molecule has 0 saturated heterocycles. The highest BCUT2D eigenvalue weighted by Gasteiger charge is 2.28. The monoisotopic (exact) mass is 446 g/mol. The zero-order chi connectivity index (χ0) is 21.7. The Labute approximate surface area is 180 Å². The van der Waals surface area contributed by atoms with Crippen molar-refractivity contribution in [2.75, 3.05) is 10.8 Å². The van der Waals surface area contributed by atoms with E-state index >= 15 is 0 Å². The maximum absolute atomic E-state index is 13.6. The summed E-state index contributed by atoms with van der Waals surface area (Å²) in [5.74, 6) is -1.19. The van der Waals surface area contributed by atoms with E-state index in [9.17, 15) is 17.6 Å². The minimum atomic E-state index is -4.09. The first-order valence-corrected chi connectivity index (χ1v) is 11.0. The van der Waals surface area contributed by atoms with Crippen molar-refractivity contribution in [1.82, 2.24) is 5.32 Å². The Hall–Kier alpha value is -2.90.